The molecule has 0 saturated carbocycles. The van der Waals surface area contributed by atoms with Crippen molar-refractivity contribution in [2.75, 3.05) is 30.3 Å². The summed E-state index contributed by atoms with van der Waals surface area (Å²) in [7, 11) is 0. The zero-order valence-electron chi connectivity index (χ0n) is 20.8. The number of hydrogen-bond acceptors (Lipinski definition) is 7. The minimum absolute atomic E-state index is 0.0867. The summed E-state index contributed by atoms with van der Waals surface area (Å²) in [5, 5.41) is 21.3. The normalized spacial score (nSPS) is 15.4. The Morgan fingerprint density at radius 2 is 1.83 bits per heavy atom. The van der Waals surface area contributed by atoms with Crippen molar-refractivity contribution in [2.45, 2.75) is 44.6 Å². The molecule has 0 unspecified atom stereocenters. The largest absolute Gasteiger partial charge is 0.507 e. The maximum absolute atomic E-state index is 13.8. The first-order valence-corrected chi connectivity index (χ1v) is 12.0. The number of ether oxygens (including phenoxy) is 1. The number of piperidine rings is 1. The zero-order chi connectivity index (χ0) is 25.9. The highest BCUT2D eigenvalue weighted by Crippen LogP contribution is 2.39. The van der Waals surface area contributed by atoms with Gasteiger partial charge in [-0.25, -0.2) is 9.18 Å². The van der Waals surface area contributed by atoms with Gasteiger partial charge in [-0.05, 0) is 63.4 Å². The van der Waals surface area contributed by atoms with Crippen LogP contribution in [0.15, 0.2) is 54.6 Å². The molecule has 0 radical (unpaired) electrons. The van der Waals surface area contributed by atoms with E-state index >= 15 is 0 Å². The van der Waals surface area contributed by atoms with Crippen molar-refractivity contribution < 1.29 is 19.0 Å². The van der Waals surface area contributed by atoms with Crippen LogP contribution in [0.25, 0.3) is 11.3 Å². The van der Waals surface area contributed by atoms with E-state index < -0.39 is 17.5 Å². The maximum Gasteiger partial charge on any atom is 0.407 e. The number of phenols is 1. The van der Waals surface area contributed by atoms with Crippen molar-refractivity contribution in [1.82, 2.24) is 15.5 Å². The van der Waals surface area contributed by atoms with Crippen LogP contribution in [0.2, 0.25) is 0 Å². The van der Waals surface area contributed by atoms with Crippen molar-refractivity contribution >= 4 is 17.6 Å². The number of nitrogens with one attached hydrogen (secondary N) is 1. The standard InChI is InChI=1S/C27H32FN5O3/c1-26(2,3)36-25(35)30-17-27(18-7-5-4-6-8-18)11-13-33(14-12-27)22-16-21(31-32-24(22)29)20-15-19(28)9-10-23(20)34/h4-10,15-16,34H,11-14,17H2,1-3H3,(H2,29,32)(H,30,35). The number of benzene rings is 2. The number of alkyl carbamates (subject to hydrolysis) is 1. The Hall–Kier alpha value is -3.88. The summed E-state index contributed by atoms with van der Waals surface area (Å²) in [4.78, 5) is 14.5. The highest BCUT2D eigenvalue weighted by molar-refractivity contribution is 5.74. The van der Waals surface area contributed by atoms with Crippen molar-refractivity contribution in [3.8, 4) is 17.0 Å². The Bertz CT molecular complexity index is 1220. The van der Waals surface area contributed by atoms with Crippen LogP contribution in [-0.2, 0) is 10.2 Å². The second-order valence-electron chi connectivity index (χ2n) is 10.2. The SMILES string of the molecule is CC(C)(C)OC(=O)NCC1(c2ccccc2)CCN(c2cc(-c3cc(F)ccc3O)nnc2N)CC1. The first kappa shape index (κ1) is 25.2. The fourth-order valence-electron chi connectivity index (χ4n) is 4.58. The van der Waals surface area contributed by atoms with Crippen molar-refractivity contribution in [3.05, 3.63) is 66.0 Å². The summed E-state index contributed by atoms with van der Waals surface area (Å²) < 4.78 is 19.3. The summed E-state index contributed by atoms with van der Waals surface area (Å²) in [6.45, 7) is 7.24. The number of phenolic OH excluding ortho intramolecular Hbond substituents is 1. The van der Waals surface area contributed by atoms with Gasteiger partial charge in [-0.15, -0.1) is 10.2 Å². The number of hydrogen-bond donors (Lipinski definition) is 3. The van der Waals surface area contributed by atoms with Crippen LogP contribution in [0.3, 0.4) is 0 Å². The maximum atomic E-state index is 13.8. The van der Waals surface area contributed by atoms with Crippen LogP contribution in [-0.4, -0.2) is 46.6 Å². The van der Waals surface area contributed by atoms with E-state index in [-0.39, 0.29) is 22.5 Å². The molecule has 0 aliphatic carbocycles. The molecule has 4 N–H and O–H groups in total. The first-order valence-electron chi connectivity index (χ1n) is 12.0. The number of anilines is 2. The van der Waals surface area contributed by atoms with Gasteiger partial charge in [0.2, 0.25) is 0 Å². The van der Waals surface area contributed by atoms with E-state index in [0.717, 1.165) is 18.4 Å². The third kappa shape index (κ3) is 5.67. The molecule has 1 saturated heterocycles. The van der Waals surface area contributed by atoms with E-state index in [1.54, 1.807) is 6.07 Å². The average Bonchev–Trinajstić information content (AvgIpc) is 2.85. The van der Waals surface area contributed by atoms with Gasteiger partial charge in [-0.2, -0.15) is 0 Å². The fourth-order valence-corrected chi connectivity index (χ4v) is 4.58. The molecule has 2 heterocycles. The van der Waals surface area contributed by atoms with E-state index in [1.807, 2.05) is 39.0 Å². The molecule has 8 nitrogen and oxygen atoms in total. The fraction of sp³-hybridized carbons (Fsp3) is 0.370. The van der Waals surface area contributed by atoms with Gasteiger partial charge in [0.05, 0.1) is 11.4 Å². The molecule has 1 fully saturated rings. The number of aromatic hydroxyl groups is 1. The van der Waals surface area contributed by atoms with Gasteiger partial charge in [-0.3, -0.25) is 0 Å². The van der Waals surface area contributed by atoms with Crippen molar-refractivity contribution in [1.29, 1.82) is 0 Å². The highest BCUT2D eigenvalue weighted by Gasteiger charge is 2.37. The number of halogens is 1. The number of carbonyl (C=O) groups excluding carboxylic acids is 1. The van der Waals surface area contributed by atoms with Crippen LogP contribution in [0.4, 0.5) is 20.7 Å². The van der Waals surface area contributed by atoms with Crippen LogP contribution >= 0.6 is 0 Å². The van der Waals surface area contributed by atoms with Crippen molar-refractivity contribution in [3.63, 3.8) is 0 Å². The second kappa shape index (κ2) is 10.0. The molecular formula is C27H32FN5O3. The van der Waals surface area contributed by atoms with Gasteiger partial charge in [0.15, 0.2) is 5.82 Å². The molecule has 3 aromatic rings. The summed E-state index contributed by atoms with van der Waals surface area (Å²) in [6, 6.07) is 15.6. The molecule has 190 valence electrons. The van der Waals surface area contributed by atoms with Gasteiger partial charge in [0.1, 0.15) is 17.2 Å². The molecule has 0 bridgehead atoms. The van der Waals surface area contributed by atoms with E-state index in [4.69, 9.17) is 10.5 Å². The molecule has 0 spiro atoms. The number of amides is 1. The lowest BCUT2D eigenvalue weighted by atomic mass is 9.72. The van der Waals surface area contributed by atoms with E-state index in [0.29, 0.717) is 31.0 Å². The second-order valence-corrected chi connectivity index (χ2v) is 10.2. The molecule has 36 heavy (non-hydrogen) atoms. The minimum Gasteiger partial charge on any atom is -0.507 e. The van der Waals surface area contributed by atoms with Gasteiger partial charge < -0.3 is 25.8 Å². The van der Waals surface area contributed by atoms with Gasteiger partial charge in [0, 0.05) is 30.6 Å². The average molecular weight is 494 g/mol. The summed E-state index contributed by atoms with van der Waals surface area (Å²) in [5.41, 5.74) is 7.72. The first-order chi connectivity index (χ1) is 17.1. The minimum atomic E-state index is -0.576. The Labute approximate surface area is 210 Å². The van der Waals surface area contributed by atoms with Gasteiger partial charge >= 0.3 is 6.09 Å². The number of rotatable bonds is 5. The zero-order valence-corrected chi connectivity index (χ0v) is 20.8. The Kier molecular flexibility index (Phi) is 7.01. The molecule has 1 amide bonds. The molecular weight excluding hydrogens is 461 g/mol. The molecule has 1 aliphatic heterocycles. The Morgan fingerprint density at radius 1 is 1.14 bits per heavy atom. The van der Waals surface area contributed by atoms with Crippen molar-refractivity contribution in [2.24, 2.45) is 0 Å². The molecule has 0 atom stereocenters. The van der Waals surface area contributed by atoms with Gasteiger partial charge in [-0.1, -0.05) is 30.3 Å². The molecule has 1 aromatic heterocycles. The monoisotopic (exact) mass is 493 g/mol. The third-order valence-corrected chi connectivity index (χ3v) is 6.45. The summed E-state index contributed by atoms with van der Waals surface area (Å²) >= 11 is 0. The molecule has 4 rings (SSSR count). The third-order valence-electron chi connectivity index (χ3n) is 6.45. The lowest BCUT2D eigenvalue weighted by molar-refractivity contribution is 0.0510. The van der Waals surface area contributed by atoms with E-state index in [9.17, 15) is 14.3 Å². The number of nitrogen functional groups attached to an aromatic ring is 1. The summed E-state index contributed by atoms with van der Waals surface area (Å²) in [6.07, 6.45) is 1.05. The van der Waals surface area contributed by atoms with Crippen LogP contribution in [0.1, 0.15) is 39.2 Å². The predicted molar refractivity (Wildman–Crippen MR) is 137 cm³/mol. The lowest BCUT2D eigenvalue weighted by Gasteiger charge is -2.43. The Balaban J connectivity index is 1.56. The summed E-state index contributed by atoms with van der Waals surface area (Å²) in [5.74, 6) is -0.309. The number of nitrogens with two attached hydrogens (primary N) is 1. The van der Waals surface area contributed by atoms with Crippen LogP contribution < -0.4 is 16.0 Å². The lowest BCUT2D eigenvalue weighted by Crippen LogP contribution is -2.49. The number of carbonyl (C=O) groups is 1. The Morgan fingerprint density at radius 3 is 2.50 bits per heavy atom. The smallest absolute Gasteiger partial charge is 0.407 e. The molecule has 2 aromatic carbocycles. The van der Waals surface area contributed by atoms with E-state index in [1.165, 1.54) is 18.2 Å². The quantitative estimate of drug-likeness (QED) is 0.475. The van der Waals surface area contributed by atoms with Crippen LogP contribution in [0.5, 0.6) is 5.75 Å². The van der Waals surface area contributed by atoms with Crippen LogP contribution in [0, 0.1) is 5.82 Å². The molecule has 9 heteroatoms. The highest BCUT2D eigenvalue weighted by atomic mass is 19.1. The topological polar surface area (TPSA) is 114 Å². The van der Waals surface area contributed by atoms with E-state index in [2.05, 4.69) is 32.5 Å². The number of nitrogens with zero attached hydrogens (tertiary/aromatic N) is 3. The number of aromatic nitrogens is 2. The molecule has 1 aliphatic rings. The predicted octanol–water partition coefficient (Wildman–Crippen LogP) is 4.63. The van der Waals surface area contributed by atoms with Gasteiger partial charge in [0.25, 0.3) is 0 Å².